The molecule has 0 spiro atoms. The number of nitrogens with zero attached hydrogens (tertiary/aromatic N) is 1. The van der Waals surface area contributed by atoms with Crippen molar-refractivity contribution in [2.45, 2.75) is 51.0 Å². The molecule has 1 saturated carbocycles. The molecule has 1 N–H and O–H groups in total. The van der Waals surface area contributed by atoms with E-state index in [4.69, 9.17) is 0 Å². The Kier molecular flexibility index (Phi) is 6.16. The molecule has 1 aromatic rings. The van der Waals surface area contributed by atoms with Crippen LogP contribution in [0.15, 0.2) is 15.9 Å². The van der Waals surface area contributed by atoms with Crippen molar-refractivity contribution in [3.63, 3.8) is 0 Å². The lowest BCUT2D eigenvalue weighted by Gasteiger charge is -2.32. The fourth-order valence-corrected chi connectivity index (χ4v) is 5.31. The van der Waals surface area contributed by atoms with Crippen LogP contribution in [0.4, 0.5) is 0 Å². The Morgan fingerprint density at radius 2 is 2.05 bits per heavy atom. The van der Waals surface area contributed by atoms with Gasteiger partial charge in [0.2, 0.25) is 0 Å². The zero-order chi connectivity index (χ0) is 14.5. The van der Waals surface area contributed by atoms with E-state index in [2.05, 4.69) is 38.3 Å². The van der Waals surface area contributed by atoms with Gasteiger partial charge >= 0.3 is 0 Å². The van der Waals surface area contributed by atoms with Crippen LogP contribution < -0.4 is 5.32 Å². The van der Waals surface area contributed by atoms with Crippen molar-refractivity contribution in [2.75, 3.05) is 26.2 Å². The molecule has 118 valence electrons. The summed E-state index contributed by atoms with van der Waals surface area (Å²) in [6, 6.07) is 5.18. The van der Waals surface area contributed by atoms with Gasteiger partial charge in [-0.3, -0.25) is 0 Å². The van der Waals surface area contributed by atoms with Gasteiger partial charge in [0.15, 0.2) is 0 Å². The molecular formula is C17H27BrN2S. The molecule has 21 heavy (non-hydrogen) atoms. The van der Waals surface area contributed by atoms with Gasteiger partial charge in [-0.05, 0) is 72.8 Å². The first kappa shape index (κ1) is 16.0. The maximum atomic E-state index is 3.84. The van der Waals surface area contributed by atoms with Crippen LogP contribution in [0.2, 0.25) is 0 Å². The topological polar surface area (TPSA) is 15.3 Å². The molecule has 3 rings (SSSR count). The highest BCUT2D eigenvalue weighted by Crippen LogP contribution is 2.28. The lowest BCUT2D eigenvalue weighted by atomic mass is 9.83. The Morgan fingerprint density at radius 1 is 1.19 bits per heavy atom. The van der Waals surface area contributed by atoms with E-state index in [1.54, 1.807) is 0 Å². The summed E-state index contributed by atoms with van der Waals surface area (Å²) in [6.45, 7) is 4.96. The van der Waals surface area contributed by atoms with Crippen molar-refractivity contribution in [1.82, 2.24) is 10.2 Å². The number of nitrogens with one attached hydrogen (secondary N) is 1. The number of thiophene rings is 1. The van der Waals surface area contributed by atoms with E-state index in [1.165, 1.54) is 79.8 Å². The summed E-state index contributed by atoms with van der Waals surface area (Å²) in [5, 5.41) is 3.84. The first-order valence-corrected chi connectivity index (χ1v) is 10.1. The van der Waals surface area contributed by atoms with Crippen molar-refractivity contribution in [2.24, 2.45) is 5.92 Å². The van der Waals surface area contributed by atoms with E-state index < -0.39 is 0 Å². The molecule has 1 aromatic heterocycles. The highest BCUT2D eigenvalue weighted by molar-refractivity contribution is 9.11. The van der Waals surface area contributed by atoms with Crippen LogP contribution in [0.3, 0.4) is 0 Å². The molecule has 2 heterocycles. The molecule has 0 bridgehead atoms. The molecule has 1 saturated heterocycles. The summed E-state index contributed by atoms with van der Waals surface area (Å²) in [6.07, 6.45) is 9.76. The highest BCUT2D eigenvalue weighted by atomic mass is 79.9. The third kappa shape index (κ3) is 4.78. The van der Waals surface area contributed by atoms with Crippen LogP contribution >= 0.6 is 27.3 Å². The fraction of sp³-hybridized carbons (Fsp3) is 0.765. The SMILES string of the molecule is Brc1ccc(CCN2CCCNC(C3CCCCC3)C2)s1. The van der Waals surface area contributed by atoms with Gasteiger partial charge in [0.25, 0.3) is 0 Å². The van der Waals surface area contributed by atoms with Crippen molar-refractivity contribution >= 4 is 27.3 Å². The predicted molar refractivity (Wildman–Crippen MR) is 95.1 cm³/mol. The maximum absolute atomic E-state index is 3.84. The Bertz CT molecular complexity index is 428. The van der Waals surface area contributed by atoms with E-state index in [1.807, 2.05) is 11.3 Å². The molecule has 1 atom stereocenters. The van der Waals surface area contributed by atoms with Crippen LogP contribution in [0.5, 0.6) is 0 Å². The average Bonchev–Trinajstić information content (AvgIpc) is 2.79. The lowest BCUT2D eigenvalue weighted by molar-refractivity contribution is 0.208. The van der Waals surface area contributed by atoms with Crippen molar-refractivity contribution in [3.05, 3.63) is 20.8 Å². The first-order valence-electron chi connectivity index (χ1n) is 8.51. The molecule has 2 aliphatic rings. The number of rotatable bonds is 4. The van der Waals surface area contributed by atoms with Crippen LogP contribution in [0.25, 0.3) is 0 Å². The van der Waals surface area contributed by atoms with Gasteiger partial charge < -0.3 is 10.2 Å². The summed E-state index contributed by atoms with van der Waals surface area (Å²) in [5.74, 6) is 0.926. The van der Waals surface area contributed by atoms with Gasteiger partial charge in [0.05, 0.1) is 3.79 Å². The van der Waals surface area contributed by atoms with Gasteiger partial charge in [-0.1, -0.05) is 19.3 Å². The number of hydrogen-bond acceptors (Lipinski definition) is 3. The minimum absolute atomic E-state index is 0.739. The number of hydrogen-bond donors (Lipinski definition) is 1. The van der Waals surface area contributed by atoms with Crippen molar-refractivity contribution in [3.8, 4) is 0 Å². The molecule has 0 amide bonds. The normalized spacial score (nSPS) is 25.9. The molecule has 0 radical (unpaired) electrons. The Hall–Kier alpha value is 0.1000. The fourth-order valence-electron chi connectivity index (χ4n) is 3.83. The maximum Gasteiger partial charge on any atom is 0.0701 e. The Balaban J connectivity index is 1.51. The summed E-state index contributed by atoms with van der Waals surface area (Å²) in [4.78, 5) is 4.21. The van der Waals surface area contributed by atoms with Crippen LogP contribution in [-0.4, -0.2) is 37.1 Å². The molecule has 1 aliphatic heterocycles. The smallest absolute Gasteiger partial charge is 0.0701 e. The zero-order valence-electron chi connectivity index (χ0n) is 12.8. The predicted octanol–water partition coefficient (Wildman–Crippen LogP) is 4.30. The second kappa shape index (κ2) is 8.09. The second-order valence-corrected chi connectivity index (χ2v) is 9.12. The molecule has 4 heteroatoms. The third-order valence-electron chi connectivity index (χ3n) is 5.03. The average molecular weight is 371 g/mol. The van der Waals surface area contributed by atoms with E-state index in [0.29, 0.717) is 0 Å². The third-order valence-corrected chi connectivity index (χ3v) is 6.72. The Labute approximate surface area is 141 Å². The molecule has 1 unspecified atom stereocenters. The van der Waals surface area contributed by atoms with E-state index in [-0.39, 0.29) is 0 Å². The highest BCUT2D eigenvalue weighted by Gasteiger charge is 2.26. The van der Waals surface area contributed by atoms with Crippen LogP contribution in [-0.2, 0) is 6.42 Å². The summed E-state index contributed by atoms with van der Waals surface area (Å²) >= 11 is 5.45. The molecular weight excluding hydrogens is 344 g/mol. The van der Waals surface area contributed by atoms with E-state index >= 15 is 0 Å². The monoisotopic (exact) mass is 370 g/mol. The van der Waals surface area contributed by atoms with Gasteiger partial charge in [0, 0.05) is 24.0 Å². The summed E-state index contributed by atoms with van der Waals surface area (Å²) in [5.41, 5.74) is 0. The quantitative estimate of drug-likeness (QED) is 0.849. The van der Waals surface area contributed by atoms with Crippen LogP contribution in [0.1, 0.15) is 43.4 Å². The second-order valence-electron chi connectivity index (χ2n) is 6.57. The summed E-state index contributed by atoms with van der Waals surface area (Å²) in [7, 11) is 0. The zero-order valence-corrected chi connectivity index (χ0v) is 15.2. The van der Waals surface area contributed by atoms with Crippen molar-refractivity contribution in [1.29, 1.82) is 0 Å². The molecule has 0 aromatic carbocycles. The first-order chi connectivity index (χ1) is 10.3. The Morgan fingerprint density at radius 3 is 2.81 bits per heavy atom. The molecule has 2 fully saturated rings. The van der Waals surface area contributed by atoms with Gasteiger partial charge in [-0.25, -0.2) is 0 Å². The summed E-state index contributed by atoms with van der Waals surface area (Å²) < 4.78 is 1.26. The van der Waals surface area contributed by atoms with E-state index in [0.717, 1.165) is 12.0 Å². The molecule has 1 aliphatic carbocycles. The van der Waals surface area contributed by atoms with E-state index in [9.17, 15) is 0 Å². The van der Waals surface area contributed by atoms with Crippen molar-refractivity contribution < 1.29 is 0 Å². The largest absolute Gasteiger partial charge is 0.312 e. The van der Waals surface area contributed by atoms with Gasteiger partial charge in [-0.15, -0.1) is 11.3 Å². The minimum Gasteiger partial charge on any atom is -0.312 e. The standard InChI is InChI=1S/C17H27BrN2S/c18-17-8-7-15(21-17)9-12-20-11-4-10-19-16(13-20)14-5-2-1-3-6-14/h7-8,14,16,19H,1-6,9-13H2. The van der Waals surface area contributed by atoms with Gasteiger partial charge in [-0.2, -0.15) is 0 Å². The van der Waals surface area contributed by atoms with Gasteiger partial charge in [0.1, 0.15) is 0 Å². The molecule has 2 nitrogen and oxygen atoms in total. The number of halogens is 1. The lowest BCUT2D eigenvalue weighted by Crippen LogP contribution is -2.44. The van der Waals surface area contributed by atoms with Crippen LogP contribution in [0, 0.1) is 5.92 Å². The minimum atomic E-state index is 0.739.